The summed E-state index contributed by atoms with van der Waals surface area (Å²) in [4.78, 5) is 12.4. The van der Waals surface area contributed by atoms with E-state index in [-0.39, 0.29) is 6.54 Å². The Labute approximate surface area is 71.1 Å². The van der Waals surface area contributed by atoms with Crippen LogP contribution in [0.2, 0.25) is 0 Å². The Balaban J connectivity index is 2.44. The first kappa shape index (κ1) is 9.22. The average Bonchev–Trinajstić information content (AvgIpc) is 2.38. The molecule has 1 unspecified atom stereocenters. The number of carboxylic acids is 1. The summed E-state index contributed by atoms with van der Waals surface area (Å²) in [6.45, 7) is 2.94. The number of hydrogen-bond acceptors (Lipinski definition) is 3. The fourth-order valence-corrected chi connectivity index (χ4v) is 1.15. The van der Waals surface area contributed by atoms with E-state index < -0.39 is 11.6 Å². The molecular weight excluding hydrogens is 158 g/mol. The van der Waals surface area contributed by atoms with Crippen LogP contribution in [0, 0.1) is 0 Å². The van der Waals surface area contributed by atoms with Crippen molar-refractivity contribution in [3.8, 4) is 0 Å². The largest absolute Gasteiger partial charge is 0.479 e. The number of aliphatic hydroxyl groups is 1. The van der Waals surface area contributed by atoms with Crippen LogP contribution in [0.5, 0.6) is 0 Å². The van der Waals surface area contributed by atoms with Gasteiger partial charge < -0.3 is 10.2 Å². The molecule has 0 saturated carbocycles. The molecule has 1 atom stereocenters. The Bertz CT molecular complexity index is 202. The molecule has 0 radical (unpaired) electrons. The molecule has 1 aliphatic rings. The second-order valence-electron chi connectivity index (χ2n) is 3.24. The van der Waals surface area contributed by atoms with E-state index in [9.17, 15) is 9.90 Å². The normalized spacial score (nSPS) is 22.5. The third kappa shape index (κ3) is 2.06. The fourth-order valence-electron chi connectivity index (χ4n) is 1.15. The predicted molar refractivity (Wildman–Crippen MR) is 43.8 cm³/mol. The van der Waals surface area contributed by atoms with E-state index in [1.54, 1.807) is 0 Å². The molecule has 0 spiro atoms. The molecule has 0 aromatic carbocycles. The summed E-state index contributed by atoms with van der Waals surface area (Å²) in [6, 6.07) is 0. The lowest BCUT2D eigenvalue weighted by Crippen LogP contribution is -2.46. The van der Waals surface area contributed by atoms with E-state index in [4.69, 9.17) is 5.11 Å². The molecule has 4 heteroatoms. The highest BCUT2D eigenvalue weighted by atomic mass is 16.4. The molecular formula is C8H13NO3. The molecule has 0 saturated heterocycles. The van der Waals surface area contributed by atoms with Crippen LogP contribution in [-0.4, -0.2) is 46.3 Å². The molecule has 1 heterocycles. The summed E-state index contributed by atoms with van der Waals surface area (Å²) >= 11 is 0. The second-order valence-corrected chi connectivity index (χ2v) is 3.24. The lowest BCUT2D eigenvalue weighted by molar-refractivity contribution is -0.158. The second kappa shape index (κ2) is 3.25. The summed E-state index contributed by atoms with van der Waals surface area (Å²) < 4.78 is 0. The number of carboxylic acid groups (broad SMARTS) is 1. The van der Waals surface area contributed by atoms with Gasteiger partial charge in [-0.2, -0.15) is 0 Å². The van der Waals surface area contributed by atoms with Crippen molar-refractivity contribution in [2.24, 2.45) is 0 Å². The standard InChI is InChI=1S/C8H13NO3/c1-8(12,7(10)11)6-9-4-2-3-5-9/h2-3,12H,4-6H2,1H3,(H,10,11). The summed E-state index contributed by atoms with van der Waals surface area (Å²) in [5.74, 6) is -1.17. The first-order chi connectivity index (χ1) is 5.52. The van der Waals surface area contributed by atoms with Crippen molar-refractivity contribution in [3.63, 3.8) is 0 Å². The number of hydrogen-bond donors (Lipinski definition) is 2. The summed E-state index contributed by atoms with van der Waals surface area (Å²) in [5.41, 5.74) is -1.63. The van der Waals surface area contributed by atoms with Crippen molar-refractivity contribution in [2.45, 2.75) is 12.5 Å². The van der Waals surface area contributed by atoms with Crippen molar-refractivity contribution in [2.75, 3.05) is 19.6 Å². The van der Waals surface area contributed by atoms with Gasteiger partial charge in [0.1, 0.15) is 0 Å². The number of aliphatic carboxylic acids is 1. The van der Waals surface area contributed by atoms with Crippen LogP contribution in [0.25, 0.3) is 0 Å². The molecule has 4 nitrogen and oxygen atoms in total. The highest BCUT2D eigenvalue weighted by molar-refractivity contribution is 5.76. The van der Waals surface area contributed by atoms with E-state index in [1.165, 1.54) is 6.92 Å². The molecule has 2 N–H and O–H groups in total. The topological polar surface area (TPSA) is 60.8 Å². The van der Waals surface area contributed by atoms with Crippen molar-refractivity contribution < 1.29 is 15.0 Å². The molecule has 0 fully saturated rings. The third-order valence-corrected chi connectivity index (χ3v) is 1.89. The quantitative estimate of drug-likeness (QED) is 0.572. The van der Waals surface area contributed by atoms with Crippen LogP contribution in [0.15, 0.2) is 12.2 Å². The predicted octanol–water partition coefficient (Wildman–Crippen LogP) is -0.306. The maximum Gasteiger partial charge on any atom is 0.336 e. The highest BCUT2D eigenvalue weighted by Crippen LogP contribution is 2.09. The molecule has 12 heavy (non-hydrogen) atoms. The van der Waals surface area contributed by atoms with Gasteiger partial charge in [-0.05, 0) is 6.92 Å². The Morgan fingerprint density at radius 2 is 2.08 bits per heavy atom. The number of nitrogens with zero attached hydrogens (tertiary/aromatic N) is 1. The van der Waals surface area contributed by atoms with Gasteiger partial charge in [0.15, 0.2) is 5.60 Å². The highest BCUT2D eigenvalue weighted by Gasteiger charge is 2.32. The maximum atomic E-state index is 10.5. The Kier molecular flexibility index (Phi) is 2.49. The van der Waals surface area contributed by atoms with Gasteiger partial charge in [0.25, 0.3) is 0 Å². The van der Waals surface area contributed by atoms with Crippen molar-refractivity contribution >= 4 is 5.97 Å². The van der Waals surface area contributed by atoms with E-state index >= 15 is 0 Å². The zero-order valence-corrected chi connectivity index (χ0v) is 7.03. The van der Waals surface area contributed by atoms with Crippen molar-refractivity contribution in [1.29, 1.82) is 0 Å². The minimum absolute atomic E-state index is 0.176. The first-order valence-corrected chi connectivity index (χ1v) is 3.85. The van der Waals surface area contributed by atoms with Crippen LogP contribution in [0.3, 0.4) is 0 Å². The minimum atomic E-state index is -1.63. The Hall–Kier alpha value is -0.870. The SMILES string of the molecule is CC(O)(CN1CC=CC1)C(=O)O. The lowest BCUT2D eigenvalue weighted by atomic mass is 10.1. The molecule has 68 valence electrons. The Morgan fingerprint density at radius 1 is 1.58 bits per heavy atom. The third-order valence-electron chi connectivity index (χ3n) is 1.89. The van der Waals surface area contributed by atoms with Crippen LogP contribution < -0.4 is 0 Å². The smallest absolute Gasteiger partial charge is 0.336 e. The van der Waals surface area contributed by atoms with Crippen LogP contribution in [0.4, 0.5) is 0 Å². The fraction of sp³-hybridized carbons (Fsp3) is 0.625. The van der Waals surface area contributed by atoms with Gasteiger partial charge in [0.05, 0.1) is 0 Å². The number of β-amino-alcohol motifs (C(OH)–C–C–N with tert-alkyl or cyclic N) is 1. The lowest BCUT2D eigenvalue weighted by Gasteiger charge is -2.24. The molecule has 1 aliphatic heterocycles. The zero-order valence-electron chi connectivity index (χ0n) is 7.03. The molecule has 0 aromatic heterocycles. The van der Waals surface area contributed by atoms with Crippen LogP contribution >= 0.6 is 0 Å². The average molecular weight is 171 g/mol. The van der Waals surface area contributed by atoms with Crippen LogP contribution in [0.1, 0.15) is 6.92 Å². The van der Waals surface area contributed by atoms with Gasteiger partial charge in [-0.3, -0.25) is 4.90 Å². The Morgan fingerprint density at radius 3 is 2.50 bits per heavy atom. The molecule has 0 aromatic rings. The van der Waals surface area contributed by atoms with Crippen LogP contribution in [-0.2, 0) is 4.79 Å². The molecule has 1 rings (SSSR count). The molecule has 0 amide bonds. The van der Waals surface area contributed by atoms with Gasteiger partial charge in [-0.25, -0.2) is 4.79 Å². The summed E-state index contributed by atoms with van der Waals surface area (Å²) in [7, 11) is 0. The first-order valence-electron chi connectivity index (χ1n) is 3.85. The monoisotopic (exact) mass is 171 g/mol. The van der Waals surface area contributed by atoms with Gasteiger partial charge in [0.2, 0.25) is 0 Å². The van der Waals surface area contributed by atoms with Gasteiger partial charge in [-0.1, -0.05) is 12.2 Å². The van der Waals surface area contributed by atoms with E-state index in [0.29, 0.717) is 0 Å². The van der Waals surface area contributed by atoms with Crippen molar-refractivity contribution in [1.82, 2.24) is 4.90 Å². The van der Waals surface area contributed by atoms with E-state index in [2.05, 4.69) is 0 Å². The molecule has 0 bridgehead atoms. The van der Waals surface area contributed by atoms with Crippen molar-refractivity contribution in [3.05, 3.63) is 12.2 Å². The maximum absolute atomic E-state index is 10.5. The summed E-state index contributed by atoms with van der Waals surface area (Å²) in [6.07, 6.45) is 3.91. The zero-order chi connectivity index (χ0) is 9.19. The summed E-state index contributed by atoms with van der Waals surface area (Å²) in [5, 5.41) is 18.0. The van der Waals surface area contributed by atoms with E-state index in [0.717, 1.165) is 13.1 Å². The van der Waals surface area contributed by atoms with E-state index in [1.807, 2.05) is 17.1 Å². The van der Waals surface area contributed by atoms with Gasteiger partial charge in [-0.15, -0.1) is 0 Å². The number of carbonyl (C=O) groups is 1. The number of rotatable bonds is 3. The minimum Gasteiger partial charge on any atom is -0.479 e. The van der Waals surface area contributed by atoms with Gasteiger partial charge >= 0.3 is 5.97 Å². The van der Waals surface area contributed by atoms with Gasteiger partial charge in [0, 0.05) is 19.6 Å². The molecule has 0 aliphatic carbocycles.